The zero-order valence-electron chi connectivity index (χ0n) is 4.75. The fourth-order valence-electron chi connectivity index (χ4n) is 0. The van der Waals surface area contributed by atoms with Crippen molar-refractivity contribution in [1.29, 1.82) is 0 Å². The molecule has 0 aliphatic heterocycles. The first-order valence-electron chi connectivity index (χ1n) is 1.08. The minimum atomic E-state index is -0.671. The molecule has 0 atom stereocenters. The molecule has 0 aliphatic carbocycles. The van der Waals surface area contributed by atoms with Crippen molar-refractivity contribution in [1.82, 2.24) is 0 Å². The Morgan fingerprint density at radius 3 is 1.10 bits per heavy atom. The molecule has 0 rings (SSSR count). The fourth-order valence-corrected chi connectivity index (χ4v) is 0. The van der Waals surface area contributed by atoms with Crippen LogP contribution in [0.2, 0.25) is 0 Å². The molecule has 0 aliphatic rings. The number of alkyl halides is 2. The third kappa shape index (κ3) is 46.8. The maximum absolute atomic E-state index is 5.01. The second-order valence-corrected chi connectivity index (χ2v) is 1.51. The Balaban J connectivity index is -0.00000000800. The zero-order chi connectivity index (χ0) is 4.28. The van der Waals surface area contributed by atoms with Crippen molar-refractivity contribution < 1.29 is 54.4 Å². The van der Waals surface area contributed by atoms with E-state index in [2.05, 4.69) is 4.74 Å². The van der Waals surface area contributed by atoms with Gasteiger partial charge in [-0.15, -0.1) is 0 Å². The summed E-state index contributed by atoms with van der Waals surface area (Å²) in [5.74, 6) is 0. The molecule has 0 radical (unpaired) electrons. The van der Waals surface area contributed by atoms with Crippen LogP contribution in [0.1, 0.15) is 0 Å². The molecule has 0 N–H and O–H groups in total. The topological polar surface area (TPSA) is 9.23 Å². The summed E-state index contributed by atoms with van der Waals surface area (Å²) in [6.07, 6.45) is 0. The van der Waals surface area contributed by atoms with Crippen molar-refractivity contribution in [3.05, 3.63) is 0 Å². The minimum Gasteiger partial charge on any atom is -1.00 e. The summed E-state index contributed by atoms with van der Waals surface area (Å²) in [6, 6.07) is 0. The Morgan fingerprint density at radius 1 is 1.00 bits per heavy atom. The molecule has 0 aromatic rings. The van der Waals surface area contributed by atoms with Gasteiger partial charge in [0, 0.05) is 7.11 Å². The molecular formula is C2H4Cl6OSn. The van der Waals surface area contributed by atoms with E-state index in [1.165, 1.54) is 7.11 Å². The van der Waals surface area contributed by atoms with Crippen LogP contribution in [0, 0.1) is 0 Å². The summed E-state index contributed by atoms with van der Waals surface area (Å²) in [5, 5.41) is -0.671. The van der Waals surface area contributed by atoms with E-state index >= 15 is 0 Å². The maximum Gasteiger partial charge on any atom is 4.00 e. The summed E-state index contributed by atoms with van der Waals surface area (Å²) in [4.78, 5) is 0. The third-order valence-electron chi connectivity index (χ3n) is 0.178. The van der Waals surface area contributed by atoms with Crippen LogP contribution < -0.4 is 49.6 Å². The van der Waals surface area contributed by atoms with E-state index in [1.807, 2.05) is 0 Å². The van der Waals surface area contributed by atoms with E-state index < -0.39 is 5.02 Å². The molecule has 64 valence electrons. The first-order valence-corrected chi connectivity index (χ1v) is 1.95. The fraction of sp³-hybridized carbons (Fsp3) is 1.00. The largest absolute Gasteiger partial charge is 4.00 e. The Morgan fingerprint density at radius 2 is 1.10 bits per heavy atom. The molecule has 0 saturated carbocycles. The smallest absolute Gasteiger partial charge is 1.00 e. The summed E-state index contributed by atoms with van der Waals surface area (Å²) >= 11 is 10.0. The van der Waals surface area contributed by atoms with Crippen LogP contribution in [0.5, 0.6) is 0 Å². The monoisotopic (exact) mass is 374 g/mol. The summed E-state index contributed by atoms with van der Waals surface area (Å²) in [7, 11) is 1.44. The average molecular weight is 375 g/mol. The molecule has 8 heteroatoms. The first-order chi connectivity index (χ1) is 2.27. The molecule has 0 aromatic heterocycles. The van der Waals surface area contributed by atoms with Crippen molar-refractivity contribution in [3.8, 4) is 0 Å². The van der Waals surface area contributed by atoms with E-state index in [4.69, 9.17) is 23.2 Å². The Hall–Kier alpha value is 2.50. The van der Waals surface area contributed by atoms with Gasteiger partial charge >= 0.3 is 23.9 Å². The second-order valence-electron chi connectivity index (χ2n) is 0.496. The number of hydrogen-bond acceptors (Lipinski definition) is 1. The Bertz CT molecular complexity index is 29.7. The van der Waals surface area contributed by atoms with Gasteiger partial charge < -0.3 is 54.4 Å². The molecule has 1 nitrogen and oxygen atoms in total. The molecule has 0 spiro atoms. The van der Waals surface area contributed by atoms with Gasteiger partial charge in [-0.05, 0) is 0 Å². The third-order valence-corrected chi connectivity index (χ3v) is 0.535. The molecule has 0 heterocycles. The van der Waals surface area contributed by atoms with Crippen molar-refractivity contribution in [2.24, 2.45) is 0 Å². The number of rotatable bonds is 1. The van der Waals surface area contributed by atoms with E-state index in [0.717, 1.165) is 0 Å². The van der Waals surface area contributed by atoms with Crippen molar-refractivity contribution >= 4 is 47.1 Å². The normalized spacial score (nSPS) is 4.80. The van der Waals surface area contributed by atoms with Gasteiger partial charge in [-0.1, -0.05) is 23.2 Å². The van der Waals surface area contributed by atoms with Crippen LogP contribution in [0.25, 0.3) is 0 Å². The van der Waals surface area contributed by atoms with Gasteiger partial charge in [0.15, 0.2) is 0 Å². The van der Waals surface area contributed by atoms with Gasteiger partial charge in [0.2, 0.25) is 5.02 Å². The van der Waals surface area contributed by atoms with Crippen LogP contribution in [0.15, 0.2) is 0 Å². The van der Waals surface area contributed by atoms with Gasteiger partial charge in [-0.25, -0.2) is 0 Å². The summed E-state index contributed by atoms with van der Waals surface area (Å²) < 4.78 is 4.28. The van der Waals surface area contributed by atoms with Crippen molar-refractivity contribution in [3.63, 3.8) is 0 Å². The van der Waals surface area contributed by atoms with E-state index in [9.17, 15) is 0 Å². The number of ether oxygens (including phenoxy) is 1. The number of hydrogen-bond donors (Lipinski definition) is 0. The van der Waals surface area contributed by atoms with Crippen LogP contribution in [0.3, 0.4) is 0 Å². The van der Waals surface area contributed by atoms with E-state index in [-0.39, 0.29) is 73.5 Å². The van der Waals surface area contributed by atoms with Crippen LogP contribution in [-0.4, -0.2) is 36.0 Å². The molecular weight excluding hydrogens is 371 g/mol. The molecule has 0 fully saturated rings. The molecule has 0 saturated heterocycles. The summed E-state index contributed by atoms with van der Waals surface area (Å²) in [5.41, 5.74) is 0. The predicted octanol–water partition coefficient (Wildman–Crippen LogP) is -11.0. The predicted molar refractivity (Wildman–Crippen MR) is 28.3 cm³/mol. The van der Waals surface area contributed by atoms with Crippen molar-refractivity contribution in [2.75, 3.05) is 7.11 Å². The quantitative estimate of drug-likeness (QED) is 0.327. The number of methoxy groups -OCH3 is 1. The second kappa shape index (κ2) is 30.0. The van der Waals surface area contributed by atoms with Gasteiger partial charge in [-0.2, -0.15) is 0 Å². The number of halogens is 6. The van der Waals surface area contributed by atoms with E-state index in [1.54, 1.807) is 0 Å². The van der Waals surface area contributed by atoms with Crippen molar-refractivity contribution in [2.45, 2.75) is 5.02 Å². The zero-order valence-corrected chi connectivity index (χ0v) is 12.1. The molecule has 0 amide bonds. The Kier molecular flexibility index (Phi) is 117. The molecule has 0 unspecified atom stereocenters. The Labute approximate surface area is 113 Å². The van der Waals surface area contributed by atoms with Gasteiger partial charge in [0.25, 0.3) is 0 Å². The molecule has 0 aromatic carbocycles. The molecule has 0 bridgehead atoms. The van der Waals surface area contributed by atoms with Crippen LogP contribution >= 0.6 is 23.2 Å². The van der Waals surface area contributed by atoms with Gasteiger partial charge in [0.05, 0.1) is 0 Å². The first kappa shape index (κ1) is 39.1. The van der Waals surface area contributed by atoms with Gasteiger partial charge in [0.1, 0.15) is 0 Å². The molecule has 10 heavy (non-hydrogen) atoms. The van der Waals surface area contributed by atoms with E-state index in [0.29, 0.717) is 0 Å². The van der Waals surface area contributed by atoms with Crippen LogP contribution in [-0.2, 0) is 4.74 Å². The maximum atomic E-state index is 5.01. The van der Waals surface area contributed by atoms with Crippen LogP contribution in [0.4, 0.5) is 0 Å². The average Bonchev–Trinajstić information content (AvgIpc) is 1.38. The SMILES string of the molecule is COC(Cl)Cl.[Cl-].[Cl-].[Cl-].[Cl-].[Sn+4]. The minimum absolute atomic E-state index is 0. The van der Waals surface area contributed by atoms with Gasteiger partial charge in [-0.3, -0.25) is 0 Å². The standard InChI is InChI=1S/C2H4Cl2O.4ClH.Sn/c1-5-2(3)4;;;;;/h2H,1H3;4*1H;/q;;;;;+4/p-4. The summed E-state index contributed by atoms with van der Waals surface area (Å²) in [6.45, 7) is 0.